The molecule has 0 bridgehead atoms. The van der Waals surface area contributed by atoms with E-state index in [0.717, 1.165) is 6.42 Å². The zero-order valence-corrected chi connectivity index (χ0v) is 8.92. The van der Waals surface area contributed by atoms with Crippen LogP contribution in [0.5, 0.6) is 5.75 Å². The molecule has 2 rings (SSSR count). The minimum Gasteiger partial charge on any atom is -0.404 e. The van der Waals surface area contributed by atoms with E-state index in [4.69, 9.17) is 5.41 Å². The zero-order valence-electron chi connectivity index (χ0n) is 8.92. The largest absolute Gasteiger partial charge is 0.573 e. The molecule has 17 heavy (non-hydrogen) atoms. The van der Waals surface area contributed by atoms with Crippen molar-refractivity contribution < 1.29 is 17.9 Å². The van der Waals surface area contributed by atoms with E-state index in [2.05, 4.69) is 4.74 Å². The molecule has 1 aliphatic heterocycles. The van der Waals surface area contributed by atoms with E-state index >= 15 is 0 Å². The molecule has 1 fully saturated rings. The van der Waals surface area contributed by atoms with Gasteiger partial charge in [-0.15, -0.1) is 13.2 Å². The first kappa shape index (κ1) is 11.8. The lowest BCUT2D eigenvalue weighted by Crippen LogP contribution is -2.25. The number of amidine groups is 1. The topological polar surface area (TPSA) is 36.3 Å². The van der Waals surface area contributed by atoms with Gasteiger partial charge < -0.3 is 9.64 Å². The normalized spacial score (nSPS) is 16.4. The van der Waals surface area contributed by atoms with E-state index in [1.165, 1.54) is 18.2 Å². The van der Waals surface area contributed by atoms with Gasteiger partial charge in [0, 0.05) is 13.0 Å². The fourth-order valence-corrected chi connectivity index (χ4v) is 1.83. The number of nitrogens with zero attached hydrogens (tertiary/aromatic N) is 1. The maximum Gasteiger partial charge on any atom is 0.573 e. The first-order valence-corrected chi connectivity index (χ1v) is 5.17. The molecule has 0 saturated carbocycles. The van der Waals surface area contributed by atoms with Gasteiger partial charge in [-0.05, 0) is 18.6 Å². The average Bonchev–Trinajstić information content (AvgIpc) is 2.63. The molecule has 3 nitrogen and oxygen atoms in total. The van der Waals surface area contributed by atoms with Gasteiger partial charge in [-0.2, -0.15) is 0 Å². The van der Waals surface area contributed by atoms with Crippen molar-refractivity contribution in [2.45, 2.75) is 19.2 Å². The Morgan fingerprint density at radius 2 is 1.94 bits per heavy atom. The summed E-state index contributed by atoms with van der Waals surface area (Å²) in [5.74, 6) is 0.0647. The maximum atomic E-state index is 12.2. The van der Waals surface area contributed by atoms with Crippen LogP contribution in [0, 0.1) is 5.41 Å². The number of para-hydroxylation sites is 2. The summed E-state index contributed by atoms with van der Waals surface area (Å²) in [5.41, 5.74) is 0.298. The highest BCUT2D eigenvalue weighted by molar-refractivity contribution is 5.98. The predicted octanol–water partition coefficient (Wildman–Crippen LogP) is 3.16. The van der Waals surface area contributed by atoms with Crippen LogP contribution in [0.4, 0.5) is 18.9 Å². The summed E-state index contributed by atoms with van der Waals surface area (Å²) in [6, 6.07) is 5.89. The summed E-state index contributed by atoms with van der Waals surface area (Å²) in [6.45, 7) is 0.553. The summed E-state index contributed by atoms with van der Waals surface area (Å²) in [5, 5.41) is 7.66. The van der Waals surface area contributed by atoms with Gasteiger partial charge in [-0.25, -0.2) is 0 Å². The number of anilines is 1. The molecule has 0 atom stereocenters. The van der Waals surface area contributed by atoms with Crippen molar-refractivity contribution in [2.24, 2.45) is 0 Å². The fraction of sp³-hybridized carbons (Fsp3) is 0.364. The predicted molar refractivity (Wildman–Crippen MR) is 57.4 cm³/mol. The zero-order chi connectivity index (χ0) is 12.5. The van der Waals surface area contributed by atoms with Gasteiger partial charge in [-0.1, -0.05) is 12.1 Å². The van der Waals surface area contributed by atoms with Crippen LogP contribution in [-0.4, -0.2) is 18.7 Å². The lowest BCUT2D eigenvalue weighted by Gasteiger charge is -2.21. The number of ether oxygens (including phenoxy) is 1. The van der Waals surface area contributed by atoms with Gasteiger partial charge in [0.1, 0.15) is 5.84 Å². The van der Waals surface area contributed by atoms with Crippen molar-refractivity contribution in [1.29, 1.82) is 5.41 Å². The van der Waals surface area contributed by atoms with E-state index < -0.39 is 6.36 Å². The molecule has 0 radical (unpaired) electrons. The number of hydrogen-bond donors (Lipinski definition) is 1. The maximum absolute atomic E-state index is 12.2. The molecule has 1 saturated heterocycles. The minimum atomic E-state index is -4.71. The van der Waals surface area contributed by atoms with Crippen molar-refractivity contribution in [3.8, 4) is 5.75 Å². The molecule has 1 aromatic carbocycles. The van der Waals surface area contributed by atoms with E-state index in [-0.39, 0.29) is 5.75 Å². The van der Waals surface area contributed by atoms with Crippen LogP contribution >= 0.6 is 0 Å². The van der Waals surface area contributed by atoms with Crippen LogP contribution < -0.4 is 9.64 Å². The first-order valence-electron chi connectivity index (χ1n) is 5.17. The molecule has 6 heteroatoms. The molecule has 1 aromatic rings. The number of nitrogens with one attached hydrogen (secondary N) is 1. The smallest absolute Gasteiger partial charge is 0.404 e. The van der Waals surface area contributed by atoms with Gasteiger partial charge in [0.2, 0.25) is 0 Å². The Morgan fingerprint density at radius 1 is 1.24 bits per heavy atom. The van der Waals surface area contributed by atoms with E-state index in [1.807, 2.05) is 0 Å². The van der Waals surface area contributed by atoms with Crippen molar-refractivity contribution in [3.63, 3.8) is 0 Å². The highest BCUT2D eigenvalue weighted by Gasteiger charge is 2.33. The quantitative estimate of drug-likeness (QED) is 0.867. The van der Waals surface area contributed by atoms with Crippen LogP contribution in [0.25, 0.3) is 0 Å². The van der Waals surface area contributed by atoms with Crippen LogP contribution in [0.15, 0.2) is 24.3 Å². The second-order valence-electron chi connectivity index (χ2n) is 3.72. The van der Waals surface area contributed by atoms with Gasteiger partial charge >= 0.3 is 6.36 Å². The van der Waals surface area contributed by atoms with E-state index in [1.54, 1.807) is 11.0 Å². The molecular formula is C11H11F3N2O. The minimum absolute atomic E-state index is 0.258. The Morgan fingerprint density at radius 3 is 2.53 bits per heavy atom. The van der Waals surface area contributed by atoms with Crippen LogP contribution in [-0.2, 0) is 0 Å². The third-order valence-corrected chi connectivity index (χ3v) is 2.50. The molecular weight excluding hydrogens is 233 g/mol. The van der Waals surface area contributed by atoms with Crippen molar-refractivity contribution in [1.82, 2.24) is 0 Å². The Labute approximate surface area is 96.3 Å². The highest BCUT2D eigenvalue weighted by atomic mass is 19.4. The molecule has 1 heterocycles. The van der Waals surface area contributed by atoms with Gasteiger partial charge in [-0.3, -0.25) is 5.41 Å². The Bertz CT molecular complexity index is 431. The number of benzene rings is 1. The standard InChI is InChI=1S/C11H11F3N2O/c12-11(13,14)17-9-5-2-1-4-8(9)16-7-3-6-10(16)15/h1-2,4-5,15H,3,6-7H2. The van der Waals surface area contributed by atoms with Crippen molar-refractivity contribution >= 4 is 11.5 Å². The summed E-state index contributed by atoms with van der Waals surface area (Å²) >= 11 is 0. The van der Waals surface area contributed by atoms with Gasteiger partial charge in [0.15, 0.2) is 5.75 Å². The van der Waals surface area contributed by atoms with Gasteiger partial charge in [0.05, 0.1) is 5.69 Å². The lowest BCUT2D eigenvalue weighted by molar-refractivity contribution is -0.274. The number of hydrogen-bond acceptors (Lipinski definition) is 2. The van der Waals surface area contributed by atoms with Crippen molar-refractivity contribution in [2.75, 3.05) is 11.4 Å². The molecule has 1 aliphatic rings. The molecule has 0 spiro atoms. The van der Waals surface area contributed by atoms with E-state index in [0.29, 0.717) is 24.5 Å². The third kappa shape index (κ3) is 2.69. The Kier molecular flexibility index (Phi) is 2.95. The molecule has 0 aliphatic carbocycles. The molecule has 1 N–H and O–H groups in total. The van der Waals surface area contributed by atoms with Crippen molar-refractivity contribution in [3.05, 3.63) is 24.3 Å². The second kappa shape index (κ2) is 4.27. The Hall–Kier alpha value is -1.72. The van der Waals surface area contributed by atoms with Crippen LogP contribution in [0.1, 0.15) is 12.8 Å². The summed E-state index contributed by atoms with van der Waals surface area (Å²) in [7, 11) is 0. The van der Waals surface area contributed by atoms with Crippen LogP contribution in [0.3, 0.4) is 0 Å². The first-order chi connectivity index (χ1) is 7.97. The molecule has 0 amide bonds. The number of halogens is 3. The number of rotatable bonds is 2. The average molecular weight is 244 g/mol. The van der Waals surface area contributed by atoms with E-state index in [9.17, 15) is 13.2 Å². The lowest BCUT2D eigenvalue weighted by atomic mass is 10.2. The Balaban J connectivity index is 2.30. The monoisotopic (exact) mass is 244 g/mol. The highest BCUT2D eigenvalue weighted by Crippen LogP contribution is 2.34. The van der Waals surface area contributed by atoms with Crippen LogP contribution in [0.2, 0.25) is 0 Å². The molecule has 0 unspecified atom stereocenters. The SMILES string of the molecule is N=C1CCCN1c1ccccc1OC(F)(F)F. The van der Waals surface area contributed by atoms with Gasteiger partial charge in [0.25, 0.3) is 0 Å². The second-order valence-corrected chi connectivity index (χ2v) is 3.72. The summed E-state index contributed by atoms with van der Waals surface area (Å²) in [6.07, 6.45) is -3.35. The molecule has 0 aromatic heterocycles. The summed E-state index contributed by atoms with van der Waals surface area (Å²) < 4.78 is 40.6. The summed E-state index contributed by atoms with van der Waals surface area (Å²) in [4.78, 5) is 1.54. The number of alkyl halides is 3. The molecule has 92 valence electrons. The fourth-order valence-electron chi connectivity index (χ4n) is 1.83. The third-order valence-electron chi connectivity index (χ3n) is 2.50.